The van der Waals surface area contributed by atoms with Crippen LogP contribution in [0.5, 0.6) is 0 Å². The molecule has 0 spiro atoms. The van der Waals surface area contributed by atoms with E-state index in [-0.39, 0.29) is 30.6 Å². The van der Waals surface area contributed by atoms with Gasteiger partial charge in [-0.1, -0.05) is 6.07 Å². The van der Waals surface area contributed by atoms with Crippen LogP contribution in [0.4, 0.5) is 0 Å². The molecular weight excluding hydrogens is 363 g/mol. The molecule has 0 aliphatic rings. The van der Waals surface area contributed by atoms with Crippen LogP contribution in [-0.4, -0.2) is 16.7 Å². The van der Waals surface area contributed by atoms with Crippen LogP contribution in [0.1, 0.15) is 24.0 Å². The van der Waals surface area contributed by atoms with Crippen LogP contribution in [-0.2, 0) is 19.4 Å². The highest BCUT2D eigenvalue weighted by atomic mass is 127. The molecule has 0 saturated carbocycles. The first-order chi connectivity index (χ1) is 9.38. The second-order valence-corrected chi connectivity index (χ2v) is 4.74. The largest absolute Gasteiger partial charge is 1.00 e. The van der Waals surface area contributed by atoms with Gasteiger partial charge in [0.2, 0.25) is 0 Å². The molecule has 0 aromatic carbocycles. The first-order valence-corrected chi connectivity index (χ1v) is 6.86. The summed E-state index contributed by atoms with van der Waals surface area (Å²) in [7, 11) is 0. The summed E-state index contributed by atoms with van der Waals surface area (Å²) in [4.78, 5) is 4.13. The second-order valence-electron chi connectivity index (χ2n) is 4.74. The van der Waals surface area contributed by atoms with E-state index in [1.807, 2.05) is 18.5 Å². The van der Waals surface area contributed by atoms with Gasteiger partial charge in [0.25, 0.3) is 0 Å². The molecule has 0 aliphatic carbocycles. The number of nitrogens with zero attached hydrogens (tertiary/aromatic N) is 2. The SMILES string of the molecule is OCCCc1ccc[n+](CCCc2cccnc2)c1.[I-]. The minimum absolute atomic E-state index is 0. The molecule has 2 aromatic rings. The highest BCUT2D eigenvalue weighted by Crippen LogP contribution is 2.02. The Labute approximate surface area is 137 Å². The van der Waals surface area contributed by atoms with E-state index in [0.29, 0.717) is 0 Å². The maximum Gasteiger partial charge on any atom is 0.171 e. The Kier molecular flexibility index (Phi) is 8.37. The molecular formula is C16H21IN2O. The third kappa shape index (κ3) is 5.96. The van der Waals surface area contributed by atoms with Gasteiger partial charge in [-0.05, 0) is 37.0 Å². The van der Waals surface area contributed by atoms with Crippen LogP contribution in [0.25, 0.3) is 0 Å². The number of aromatic nitrogens is 2. The zero-order valence-electron chi connectivity index (χ0n) is 11.6. The lowest BCUT2D eigenvalue weighted by atomic mass is 10.1. The fourth-order valence-corrected chi connectivity index (χ4v) is 2.16. The molecule has 3 nitrogen and oxygen atoms in total. The number of aliphatic hydroxyl groups is 1. The number of hydrogen-bond acceptors (Lipinski definition) is 2. The van der Waals surface area contributed by atoms with Gasteiger partial charge in [-0.2, -0.15) is 0 Å². The van der Waals surface area contributed by atoms with Crippen molar-refractivity contribution in [3.05, 3.63) is 60.2 Å². The number of aliphatic hydroxyl groups excluding tert-OH is 1. The van der Waals surface area contributed by atoms with E-state index in [2.05, 4.69) is 40.1 Å². The van der Waals surface area contributed by atoms with Crippen LogP contribution >= 0.6 is 0 Å². The smallest absolute Gasteiger partial charge is 0.171 e. The van der Waals surface area contributed by atoms with Gasteiger partial charge in [-0.25, -0.2) is 4.57 Å². The van der Waals surface area contributed by atoms with Gasteiger partial charge in [0, 0.05) is 37.1 Å². The standard InChI is InChI=1S/C16H21N2O.HI/c19-12-4-8-16-7-3-11-18(14-16)10-2-6-15-5-1-9-17-13-15;/h1,3,5,7,9,11,13-14,19H,2,4,6,8,10,12H2;1H/q+1;/p-1. The van der Waals surface area contributed by atoms with Gasteiger partial charge < -0.3 is 29.1 Å². The van der Waals surface area contributed by atoms with E-state index < -0.39 is 0 Å². The average Bonchev–Trinajstić information content (AvgIpc) is 2.47. The van der Waals surface area contributed by atoms with Crippen LogP contribution < -0.4 is 28.5 Å². The third-order valence-corrected chi connectivity index (χ3v) is 3.15. The Morgan fingerprint density at radius 3 is 2.60 bits per heavy atom. The number of pyridine rings is 2. The van der Waals surface area contributed by atoms with E-state index >= 15 is 0 Å². The van der Waals surface area contributed by atoms with Gasteiger partial charge in [-0.3, -0.25) is 4.98 Å². The lowest BCUT2D eigenvalue weighted by molar-refractivity contribution is -0.697. The molecule has 0 saturated heterocycles. The minimum atomic E-state index is 0. The molecule has 0 radical (unpaired) electrons. The van der Waals surface area contributed by atoms with Crippen molar-refractivity contribution in [2.75, 3.05) is 6.61 Å². The van der Waals surface area contributed by atoms with Crippen molar-refractivity contribution in [2.24, 2.45) is 0 Å². The van der Waals surface area contributed by atoms with E-state index in [9.17, 15) is 0 Å². The van der Waals surface area contributed by atoms with Crippen LogP contribution in [0.3, 0.4) is 0 Å². The molecule has 0 amide bonds. The maximum absolute atomic E-state index is 8.85. The maximum atomic E-state index is 8.85. The van der Waals surface area contributed by atoms with Crippen molar-refractivity contribution in [1.82, 2.24) is 4.98 Å². The van der Waals surface area contributed by atoms with Gasteiger partial charge in [0.05, 0.1) is 0 Å². The Morgan fingerprint density at radius 2 is 1.85 bits per heavy atom. The van der Waals surface area contributed by atoms with E-state index in [4.69, 9.17) is 5.11 Å². The van der Waals surface area contributed by atoms with Crippen molar-refractivity contribution < 1.29 is 33.7 Å². The van der Waals surface area contributed by atoms with E-state index in [0.717, 1.165) is 32.2 Å². The first kappa shape index (κ1) is 17.0. The summed E-state index contributed by atoms with van der Waals surface area (Å²) in [6.45, 7) is 1.28. The summed E-state index contributed by atoms with van der Waals surface area (Å²) >= 11 is 0. The average molecular weight is 384 g/mol. The summed E-state index contributed by atoms with van der Waals surface area (Å²) < 4.78 is 2.23. The van der Waals surface area contributed by atoms with Gasteiger partial charge in [0.1, 0.15) is 6.54 Å². The number of hydrogen-bond donors (Lipinski definition) is 1. The lowest BCUT2D eigenvalue weighted by Crippen LogP contribution is -3.00. The molecule has 2 rings (SSSR count). The summed E-state index contributed by atoms with van der Waals surface area (Å²) in [6, 6.07) is 8.30. The topological polar surface area (TPSA) is 37.0 Å². The molecule has 2 heterocycles. The molecule has 0 atom stereocenters. The molecule has 0 unspecified atom stereocenters. The van der Waals surface area contributed by atoms with Crippen molar-refractivity contribution in [1.29, 1.82) is 0 Å². The second kappa shape index (κ2) is 9.83. The number of halogens is 1. The zero-order valence-corrected chi connectivity index (χ0v) is 13.7. The minimum Gasteiger partial charge on any atom is -1.00 e. The molecule has 108 valence electrons. The van der Waals surface area contributed by atoms with Gasteiger partial charge in [-0.15, -0.1) is 0 Å². The molecule has 2 aromatic heterocycles. The number of rotatable bonds is 7. The summed E-state index contributed by atoms with van der Waals surface area (Å²) in [5.41, 5.74) is 2.58. The third-order valence-electron chi connectivity index (χ3n) is 3.15. The normalized spacial score (nSPS) is 10.1. The Balaban J connectivity index is 0.00000200. The van der Waals surface area contributed by atoms with Crippen LogP contribution in [0.15, 0.2) is 49.1 Å². The molecule has 0 aliphatic heterocycles. The van der Waals surface area contributed by atoms with Crippen molar-refractivity contribution in [3.8, 4) is 0 Å². The molecule has 4 heteroatoms. The van der Waals surface area contributed by atoms with E-state index in [1.54, 1.807) is 0 Å². The van der Waals surface area contributed by atoms with Crippen molar-refractivity contribution >= 4 is 0 Å². The quantitative estimate of drug-likeness (QED) is 0.488. The lowest BCUT2D eigenvalue weighted by Gasteiger charge is -2.01. The Morgan fingerprint density at radius 1 is 1.05 bits per heavy atom. The summed E-state index contributed by atoms with van der Waals surface area (Å²) in [6.07, 6.45) is 12.0. The van der Waals surface area contributed by atoms with Gasteiger partial charge >= 0.3 is 0 Å². The highest BCUT2D eigenvalue weighted by molar-refractivity contribution is 5.08. The Bertz CT molecular complexity index is 491. The van der Waals surface area contributed by atoms with Crippen LogP contribution in [0.2, 0.25) is 0 Å². The fraction of sp³-hybridized carbons (Fsp3) is 0.375. The Hall–Kier alpha value is -1.01. The molecule has 1 N–H and O–H groups in total. The summed E-state index contributed by atoms with van der Waals surface area (Å²) in [5.74, 6) is 0. The fourth-order valence-electron chi connectivity index (χ4n) is 2.16. The highest BCUT2D eigenvalue weighted by Gasteiger charge is 2.03. The zero-order chi connectivity index (χ0) is 13.3. The molecule has 20 heavy (non-hydrogen) atoms. The van der Waals surface area contributed by atoms with Gasteiger partial charge in [0.15, 0.2) is 12.4 Å². The number of aryl methyl sites for hydroxylation is 3. The molecule has 0 fully saturated rings. The van der Waals surface area contributed by atoms with Crippen LogP contribution in [0, 0.1) is 0 Å². The summed E-state index contributed by atoms with van der Waals surface area (Å²) in [5, 5.41) is 8.85. The predicted molar refractivity (Wildman–Crippen MR) is 74.6 cm³/mol. The van der Waals surface area contributed by atoms with Crippen molar-refractivity contribution in [3.63, 3.8) is 0 Å². The first-order valence-electron chi connectivity index (χ1n) is 6.86. The van der Waals surface area contributed by atoms with E-state index in [1.165, 1.54) is 11.1 Å². The van der Waals surface area contributed by atoms with Crippen molar-refractivity contribution in [2.45, 2.75) is 32.2 Å². The monoisotopic (exact) mass is 384 g/mol. The molecule has 0 bridgehead atoms. The predicted octanol–water partition coefficient (Wildman–Crippen LogP) is -1.07.